The van der Waals surface area contributed by atoms with Crippen LogP contribution in [0.4, 0.5) is 0 Å². The van der Waals surface area contributed by atoms with Crippen LogP contribution in [-0.2, 0) is 19.1 Å². The van der Waals surface area contributed by atoms with Crippen molar-refractivity contribution in [1.82, 2.24) is 0 Å². The summed E-state index contributed by atoms with van der Waals surface area (Å²) in [5.41, 5.74) is 0. The van der Waals surface area contributed by atoms with Crippen molar-refractivity contribution in [2.24, 2.45) is 5.92 Å². The summed E-state index contributed by atoms with van der Waals surface area (Å²) in [5.74, 6) is -1.96. The van der Waals surface area contributed by atoms with Gasteiger partial charge in [-0.15, -0.1) is 0 Å². The number of hydrogen-bond donors (Lipinski definition) is 1. The van der Waals surface area contributed by atoms with Gasteiger partial charge in [0.25, 0.3) is 0 Å². The fourth-order valence-corrected chi connectivity index (χ4v) is 1.53. The van der Waals surface area contributed by atoms with E-state index in [4.69, 9.17) is 14.6 Å². The van der Waals surface area contributed by atoms with E-state index in [2.05, 4.69) is 0 Å². The van der Waals surface area contributed by atoms with Crippen molar-refractivity contribution in [2.45, 2.75) is 45.6 Å². The molecule has 0 aliphatic carbocycles. The lowest BCUT2D eigenvalue weighted by Crippen LogP contribution is -2.27. The molecule has 0 heterocycles. The fourth-order valence-electron chi connectivity index (χ4n) is 1.53. The second-order valence-corrected chi connectivity index (χ2v) is 4.14. The average Bonchev–Trinajstić information content (AvgIpc) is 2.23. The maximum Gasteiger partial charge on any atom is 0.309 e. The van der Waals surface area contributed by atoms with Crippen LogP contribution in [0.25, 0.3) is 0 Å². The van der Waals surface area contributed by atoms with Gasteiger partial charge in [-0.3, -0.25) is 9.59 Å². The highest BCUT2D eigenvalue weighted by molar-refractivity contribution is 5.79. The lowest BCUT2D eigenvalue weighted by atomic mass is 9.99. The fraction of sp³-hybridized carbons (Fsp3) is 0.833. The number of carboxylic acids is 1. The van der Waals surface area contributed by atoms with Gasteiger partial charge in [0.15, 0.2) is 0 Å². The van der Waals surface area contributed by atoms with Crippen LogP contribution in [0.5, 0.6) is 0 Å². The zero-order chi connectivity index (χ0) is 13.3. The van der Waals surface area contributed by atoms with Crippen molar-refractivity contribution in [2.75, 3.05) is 13.7 Å². The average molecular weight is 246 g/mol. The van der Waals surface area contributed by atoms with E-state index in [0.717, 1.165) is 12.8 Å². The van der Waals surface area contributed by atoms with Crippen molar-refractivity contribution in [1.29, 1.82) is 0 Å². The molecule has 0 saturated heterocycles. The third-order valence-electron chi connectivity index (χ3n) is 2.38. The summed E-state index contributed by atoms with van der Waals surface area (Å²) in [4.78, 5) is 22.4. The minimum atomic E-state index is -0.970. The number of aliphatic carboxylic acids is 1. The molecule has 5 heteroatoms. The van der Waals surface area contributed by atoms with E-state index in [0.29, 0.717) is 13.0 Å². The molecule has 100 valence electrons. The Morgan fingerprint density at radius 1 is 1.35 bits per heavy atom. The number of ether oxygens (including phenoxy) is 2. The van der Waals surface area contributed by atoms with Crippen LogP contribution in [0, 0.1) is 5.92 Å². The quantitative estimate of drug-likeness (QED) is 0.628. The topological polar surface area (TPSA) is 72.8 Å². The highest BCUT2D eigenvalue weighted by Crippen LogP contribution is 2.16. The Labute approximate surface area is 102 Å². The number of carbonyl (C=O) groups is 2. The Bertz CT molecular complexity index is 239. The zero-order valence-corrected chi connectivity index (χ0v) is 10.8. The number of carboxylic acid groups (broad SMARTS) is 1. The molecule has 0 aromatic heterocycles. The van der Waals surface area contributed by atoms with Gasteiger partial charge in [0.2, 0.25) is 0 Å². The molecule has 0 rings (SSSR count). The molecular formula is C12H22O5. The summed E-state index contributed by atoms with van der Waals surface area (Å²) >= 11 is 0. The molecule has 2 unspecified atom stereocenters. The summed E-state index contributed by atoms with van der Waals surface area (Å²) < 4.78 is 9.98. The lowest BCUT2D eigenvalue weighted by Gasteiger charge is -2.17. The van der Waals surface area contributed by atoms with Gasteiger partial charge in [-0.2, -0.15) is 0 Å². The molecule has 0 fully saturated rings. The van der Waals surface area contributed by atoms with Gasteiger partial charge in [-0.1, -0.05) is 19.8 Å². The molecule has 0 aliphatic rings. The monoisotopic (exact) mass is 246 g/mol. The van der Waals surface area contributed by atoms with Crippen LogP contribution in [0.1, 0.15) is 39.5 Å². The summed E-state index contributed by atoms with van der Waals surface area (Å²) in [6, 6.07) is 0. The number of hydrogen-bond acceptors (Lipinski definition) is 4. The number of carbonyl (C=O) groups excluding carboxylic acids is 1. The third kappa shape index (κ3) is 7.74. The molecule has 0 spiro atoms. The van der Waals surface area contributed by atoms with Gasteiger partial charge in [0.1, 0.15) is 6.10 Å². The number of unbranched alkanes of at least 4 members (excludes halogenated alkanes) is 1. The second-order valence-electron chi connectivity index (χ2n) is 4.14. The Morgan fingerprint density at radius 2 is 2.00 bits per heavy atom. The SMILES string of the molecule is CCCCC(CC(=O)O)C(=O)OC(C)COC. The molecule has 0 aromatic rings. The van der Waals surface area contributed by atoms with E-state index >= 15 is 0 Å². The molecule has 0 bridgehead atoms. The third-order valence-corrected chi connectivity index (χ3v) is 2.38. The Hall–Kier alpha value is -1.10. The maximum absolute atomic E-state index is 11.7. The Morgan fingerprint density at radius 3 is 2.47 bits per heavy atom. The molecular weight excluding hydrogens is 224 g/mol. The van der Waals surface area contributed by atoms with Crippen molar-refractivity contribution < 1.29 is 24.2 Å². The van der Waals surface area contributed by atoms with E-state index in [1.165, 1.54) is 7.11 Å². The van der Waals surface area contributed by atoms with E-state index in [-0.39, 0.29) is 12.5 Å². The van der Waals surface area contributed by atoms with Crippen LogP contribution in [0.2, 0.25) is 0 Å². The van der Waals surface area contributed by atoms with Gasteiger partial charge in [0, 0.05) is 7.11 Å². The summed E-state index contributed by atoms with van der Waals surface area (Å²) in [7, 11) is 1.52. The van der Waals surface area contributed by atoms with Crippen LogP contribution >= 0.6 is 0 Å². The Kier molecular flexibility index (Phi) is 8.40. The number of methoxy groups -OCH3 is 1. The van der Waals surface area contributed by atoms with E-state index in [1.54, 1.807) is 6.92 Å². The first-order chi connectivity index (χ1) is 8.01. The summed E-state index contributed by atoms with van der Waals surface area (Å²) in [5, 5.41) is 8.74. The predicted octanol–water partition coefficient (Wildman–Crippen LogP) is 1.85. The van der Waals surface area contributed by atoms with Gasteiger partial charge in [0.05, 0.1) is 18.9 Å². The van der Waals surface area contributed by atoms with Crippen molar-refractivity contribution in [3.8, 4) is 0 Å². The van der Waals surface area contributed by atoms with Gasteiger partial charge >= 0.3 is 11.9 Å². The van der Waals surface area contributed by atoms with Crippen molar-refractivity contribution >= 4 is 11.9 Å². The minimum absolute atomic E-state index is 0.168. The van der Waals surface area contributed by atoms with Crippen LogP contribution in [-0.4, -0.2) is 36.9 Å². The summed E-state index contributed by atoms with van der Waals surface area (Å²) in [6.45, 7) is 4.04. The largest absolute Gasteiger partial charge is 0.481 e. The smallest absolute Gasteiger partial charge is 0.309 e. The summed E-state index contributed by atoms with van der Waals surface area (Å²) in [6.07, 6.45) is 1.80. The van der Waals surface area contributed by atoms with Crippen molar-refractivity contribution in [3.63, 3.8) is 0 Å². The zero-order valence-electron chi connectivity index (χ0n) is 10.8. The highest BCUT2D eigenvalue weighted by Gasteiger charge is 2.24. The lowest BCUT2D eigenvalue weighted by molar-refractivity contribution is -0.159. The van der Waals surface area contributed by atoms with Gasteiger partial charge < -0.3 is 14.6 Å². The van der Waals surface area contributed by atoms with E-state index in [1.807, 2.05) is 6.92 Å². The Balaban J connectivity index is 4.25. The van der Waals surface area contributed by atoms with E-state index in [9.17, 15) is 9.59 Å². The molecule has 17 heavy (non-hydrogen) atoms. The van der Waals surface area contributed by atoms with Crippen molar-refractivity contribution in [3.05, 3.63) is 0 Å². The number of rotatable bonds is 9. The first-order valence-corrected chi connectivity index (χ1v) is 5.92. The number of esters is 1. The molecule has 5 nitrogen and oxygen atoms in total. The molecule has 0 radical (unpaired) electrons. The molecule has 1 N–H and O–H groups in total. The van der Waals surface area contributed by atoms with Gasteiger partial charge in [-0.25, -0.2) is 0 Å². The van der Waals surface area contributed by atoms with Gasteiger partial charge in [-0.05, 0) is 13.3 Å². The molecule has 0 saturated carbocycles. The maximum atomic E-state index is 11.7. The molecule has 0 aliphatic heterocycles. The minimum Gasteiger partial charge on any atom is -0.481 e. The first kappa shape index (κ1) is 15.9. The normalized spacial score (nSPS) is 14.1. The molecule has 0 amide bonds. The molecule has 2 atom stereocenters. The molecule has 0 aromatic carbocycles. The standard InChI is InChI=1S/C12H22O5/c1-4-5-6-10(7-11(13)14)12(15)17-9(2)8-16-3/h9-10H,4-8H2,1-3H3,(H,13,14). The first-order valence-electron chi connectivity index (χ1n) is 5.92. The highest BCUT2D eigenvalue weighted by atomic mass is 16.6. The van der Waals surface area contributed by atoms with Crippen LogP contribution < -0.4 is 0 Å². The second kappa shape index (κ2) is 8.98. The van der Waals surface area contributed by atoms with E-state index < -0.39 is 17.9 Å². The van der Waals surface area contributed by atoms with Crippen LogP contribution in [0.15, 0.2) is 0 Å². The van der Waals surface area contributed by atoms with Crippen LogP contribution in [0.3, 0.4) is 0 Å². The predicted molar refractivity (Wildman–Crippen MR) is 62.7 cm³/mol.